The molecule has 0 saturated heterocycles. The van der Waals surface area contributed by atoms with Gasteiger partial charge in [-0.1, -0.05) is 30.3 Å². The van der Waals surface area contributed by atoms with Gasteiger partial charge >= 0.3 is 6.18 Å². The predicted octanol–water partition coefficient (Wildman–Crippen LogP) is 4.85. The predicted molar refractivity (Wildman–Crippen MR) is 77.8 cm³/mol. The first-order chi connectivity index (χ1) is 9.44. The molecule has 0 fully saturated rings. The van der Waals surface area contributed by atoms with Crippen LogP contribution in [0.15, 0.2) is 54.6 Å². The van der Waals surface area contributed by atoms with Gasteiger partial charge in [-0.25, -0.2) is 0 Å². The van der Waals surface area contributed by atoms with Gasteiger partial charge in [0.2, 0.25) is 0 Å². The van der Waals surface area contributed by atoms with Crippen molar-refractivity contribution in [3.63, 3.8) is 0 Å². The van der Waals surface area contributed by atoms with Crippen LogP contribution in [-0.2, 0) is 0 Å². The molecule has 2 aromatic carbocycles. The zero-order chi connectivity index (χ0) is 14.6. The fourth-order valence-corrected chi connectivity index (χ4v) is 1.80. The normalized spacial score (nSPS) is 12.4. The average Bonchev–Trinajstić information content (AvgIpc) is 2.38. The van der Waals surface area contributed by atoms with Crippen LogP contribution in [-0.4, -0.2) is 6.18 Å². The van der Waals surface area contributed by atoms with E-state index in [1.165, 1.54) is 6.07 Å². The Labute approximate surface area is 127 Å². The molecule has 2 N–H and O–H groups in total. The van der Waals surface area contributed by atoms with Crippen LogP contribution in [0.2, 0.25) is 0 Å². The quantitative estimate of drug-likeness (QED) is 0.874. The average molecular weight is 318 g/mol. The molecule has 2 rings (SSSR count). The molecule has 2 aromatic rings. The molecular weight excluding hydrogens is 303 g/mol. The lowest BCUT2D eigenvalue weighted by molar-refractivity contribution is -0.138. The van der Waals surface area contributed by atoms with E-state index in [-0.39, 0.29) is 12.4 Å². The summed E-state index contributed by atoms with van der Waals surface area (Å²) in [6.45, 7) is 0. The van der Waals surface area contributed by atoms with Crippen molar-refractivity contribution in [1.29, 1.82) is 0 Å². The third-order valence-corrected chi connectivity index (χ3v) is 2.72. The molecule has 0 aliphatic rings. The SMILES string of the molecule is Cl.N[C@@H](CC(F)(F)F)c1cccc(Oc2ccccc2)c1. The van der Waals surface area contributed by atoms with Crippen molar-refractivity contribution in [2.45, 2.75) is 18.6 Å². The maximum Gasteiger partial charge on any atom is 0.390 e. The van der Waals surface area contributed by atoms with Crippen molar-refractivity contribution in [3.05, 3.63) is 60.2 Å². The van der Waals surface area contributed by atoms with Crippen LogP contribution >= 0.6 is 12.4 Å². The highest BCUT2D eigenvalue weighted by molar-refractivity contribution is 5.85. The first-order valence-electron chi connectivity index (χ1n) is 6.09. The number of nitrogens with two attached hydrogens (primary N) is 1. The molecule has 0 radical (unpaired) electrons. The largest absolute Gasteiger partial charge is 0.457 e. The minimum atomic E-state index is -4.28. The number of rotatable bonds is 4. The van der Waals surface area contributed by atoms with E-state index >= 15 is 0 Å². The Hall–Kier alpha value is -1.72. The maximum atomic E-state index is 12.3. The fourth-order valence-electron chi connectivity index (χ4n) is 1.80. The van der Waals surface area contributed by atoms with Gasteiger partial charge in [0.05, 0.1) is 6.42 Å². The van der Waals surface area contributed by atoms with Gasteiger partial charge in [0.25, 0.3) is 0 Å². The van der Waals surface area contributed by atoms with Crippen LogP contribution in [0.5, 0.6) is 11.5 Å². The third kappa shape index (κ3) is 5.65. The highest BCUT2D eigenvalue weighted by Crippen LogP contribution is 2.30. The van der Waals surface area contributed by atoms with E-state index in [0.717, 1.165) is 0 Å². The number of halogens is 4. The summed E-state index contributed by atoms with van der Waals surface area (Å²) >= 11 is 0. The van der Waals surface area contributed by atoms with Crippen LogP contribution in [0.25, 0.3) is 0 Å². The van der Waals surface area contributed by atoms with E-state index in [9.17, 15) is 13.2 Å². The first kappa shape index (κ1) is 17.3. The van der Waals surface area contributed by atoms with Crippen LogP contribution in [0.1, 0.15) is 18.0 Å². The van der Waals surface area contributed by atoms with Crippen molar-refractivity contribution < 1.29 is 17.9 Å². The second kappa shape index (κ2) is 7.33. The van der Waals surface area contributed by atoms with Gasteiger partial charge in [0.15, 0.2) is 0 Å². The Morgan fingerprint density at radius 1 is 0.952 bits per heavy atom. The van der Waals surface area contributed by atoms with Crippen molar-refractivity contribution in [1.82, 2.24) is 0 Å². The van der Waals surface area contributed by atoms with Crippen molar-refractivity contribution in [2.24, 2.45) is 5.73 Å². The molecule has 0 heterocycles. The Kier molecular flexibility index (Phi) is 6.05. The van der Waals surface area contributed by atoms with E-state index < -0.39 is 18.6 Å². The van der Waals surface area contributed by atoms with Crippen LogP contribution in [0, 0.1) is 0 Å². The molecular formula is C15H15ClF3NO. The van der Waals surface area contributed by atoms with Crippen molar-refractivity contribution in [3.8, 4) is 11.5 Å². The molecule has 2 nitrogen and oxygen atoms in total. The highest BCUT2D eigenvalue weighted by atomic mass is 35.5. The summed E-state index contributed by atoms with van der Waals surface area (Å²) in [6.07, 6.45) is -5.34. The van der Waals surface area contributed by atoms with Crippen LogP contribution < -0.4 is 10.5 Å². The standard InChI is InChI=1S/C15H14F3NO.ClH/c16-15(17,18)10-14(19)11-5-4-8-13(9-11)20-12-6-2-1-3-7-12;/h1-9,14H,10,19H2;1H/t14-;/m0./s1. The Balaban J connectivity index is 0.00000220. The summed E-state index contributed by atoms with van der Waals surface area (Å²) in [5, 5.41) is 0. The van der Waals surface area contributed by atoms with Crippen LogP contribution in [0.3, 0.4) is 0 Å². The lowest BCUT2D eigenvalue weighted by atomic mass is 10.0. The maximum absolute atomic E-state index is 12.3. The summed E-state index contributed by atoms with van der Waals surface area (Å²) in [4.78, 5) is 0. The molecule has 0 spiro atoms. The number of ether oxygens (including phenoxy) is 1. The Morgan fingerprint density at radius 3 is 2.19 bits per heavy atom. The zero-order valence-corrected chi connectivity index (χ0v) is 11.8. The monoisotopic (exact) mass is 317 g/mol. The lowest BCUT2D eigenvalue weighted by Crippen LogP contribution is -2.20. The summed E-state index contributed by atoms with van der Waals surface area (Å²) in [7, 11) is 0. The molecule has 0 amide bonds. The van der Waals surface area contributed by atoms with Gasteiger partial charge in [-0.15, -0.1) is 12.4 Å². The first-order valence-corrected chi connectivity index (χ1v) is 6.09. The van der Waals surface area contributed by atoms with E-state index in [1.807, 2.05) is 18.2 Å². The second-order valence-electron chi connectivity index (χ2n) is 4.41. The molecule has 6 heteroatoms. The number of alkyl halides is 3. The van der Waals surface area contributed by atoms with E-state index in [4.69, 9.17) is 10.5 Å². The summed E-state index contributed by atoms with van der Waals surface area (Å²) in [6, 6.07) is 14.3. The van der Waals surface area contributed by atoms with E-state index in [0.29, 0.717) is 17.1 Å². The fraction of sp³-hybridized carbons (Fsp3) is 0.200. The van der Waals surface area contributed by atoms with Crippen molar-refractivity contribution in [2.75, 3.05) is 0 Å². The molecule has 21 heavy (non-hydrogen) atoms. The van der Waals surface area contributed by atoms with E-state index in [1.54, 1.807) is 30.3 Å². The van der Waals surface area contributed by atoms with Gasteiger partial charge < -0.3 is 10.5 Å². The Bertz CT molecular complexity index is 560. The van der Waals surface area contributed by atoms with Gasteiger partial charge in [-0.05, 0) is 29.8 Å². The van der Waals surface area contributed by atoms with E-state index in [2.05, 4.69) is 0 Å². The van der Waals surface area contributed by atoms with Gasteiger partial charge in [0.1, 0.15) is 11.5 Å². The smallest absolute Gasteiger partial charge is 0.390 e. The number of hydrogen-bond acceptors (Lipinski definition) is 2. The summed E-state index contributed by atoms with van der Waals surface area (Å²) in [5.41, 5.74) is 5.97. The summed E-state index contributed by atoms with van der Waals surface area (Å²) < 4.78 is 42.5. The third-order valence-electron chi connectivity index (χ3n) is 2.72. The zero-order valence-electron chi connectivity index (χ0n) is 11.0. The molecule has 0 bridgehead atoms. The topological polar surface area (TPSA) is 35.2 Å². The molecule has 0 saturated carbocycles. The summed E-state index contributed by atoms with van der Waals surface area (Å²) in [5.74, 6) is 1.08. The molecule has 0 aliphatic carbocycles. The second-order valence-corrected chi connectivity index (χ2v) is 4.41. The van der Waals surface area contributed by atoms with Crippen molar-refractivity contribution >= 4 is 12.4 Å². The number of para-hydroxylation sites is 1. The van der Waals surface area contributed by atoms with Gasteiger partial charge in [0, 0.05) is 6.04 Å². The highest BCUT2D eigenvalue weighted by Gasteiger charge is 2.30. The minimum absolute atomic E-state index is 0. The molecule has 0 aromatic heterocycles. The molecule has 0 aliphatic heterocycles. The minimum Gasteiger partial charge on any atom is -0.457 e. The van der Waals surface area contributed by atoms with Gasteiger partial charge in [-0.3, -0.25) is 0 Å². The molecule has 114 valence electrons. The number of hydrogen-bond donors (Lipinski definition) is 1. The van der Waals surface area contributed by atoms with Crippen LogP contribution in [0.4, 0.5) is 13.2 Å². The number of benzene rings is 2. The lowest BCUT2D eigenvalue weighted by Gasteiger charge is -2.15. The molecule has 0 unspecified atom stereocenters. The van der Waals surface area contributed by atoms with Gasteiger partial charge in [-0.2, -0.15) is 13.2 Å². The molecule has 1 atom stereocenters. The Morgan fingerprint density at radius 2 is 1.57 bits per heavy atom.